The third-order valence-electron chi connectivity index (χ3n) is 6.14. The molecule has 1 aliphatic carbocycles. The molecule has 2 aromatic carbocycles. The zero-order chi connectivity index (χ0) is 22.1. The number of methoxy groups -OCH3 is 1. The molecule has 4 rings (SSSR count). The zero-order valence-corrected chi connectivity index (χ0v) is 17.6. The topological polar surface area (TPSA) is 75.7 Å². The van der Waals surface area contributed by atoms with Crippen LogP contribution >= 0.6 is 0 Å². The summed E-state index contributed by atoms with van der Waals surface area (Å²) in [5, 5.41) is 2.81. The van der Waals surface area contributed by atoms with Gasteiger partial charge in [-0.25, -0.2) is 4.39 Å². The first kappa shape index (κ1) is 21.0. The Kier molecular flexibility index (Phi) is 5.76. The van der Waals surface area contributed by atoms with Gasteiger partial charge in [0.25, 0.3) is 17.7 Å². The molecule has 1 aliphatic heterocycles. The Balaban J connectivity index is 1.51. The molecular formula is C24H25FN2O4. The fourth-order valence-electron chi connectivity index (χ4n) is 4.39. The van der Waals surface area contributed by atoms with Gasteiger partial charge in [0.05, 0.1) is 24.3 Å². The van der Waals surface area contributed by atoms with Gasteiger partial charge in [-0.05, 0) is 55.7 Å². The minimum atomic E-state index is -0.509. The quantitative estimate of drug-likeness (QED) is 0.728. The SMILES string of the molecule is COc1ccc(C(C)NC(=O)c2ccc3c(c2)C(=O)N(C2CCCCC2)C3=O)cc1F. The van der Waals surface area contributed by atoms with Gasteiger partial charge in [-0.3, -0.25) is 19.3 Å². The number of carbonyl (C=O) groups is 3. The molecule has 1 atom stereocenters. The largest absolute Gasteiger partial charge is 0.494 e. The number of fused-ring (bicyclic) bond motifs is 1. The van der Waals surface area contributed by atoms with Gasteiger partial charge in [-0.2, -0.15) is 0 Å². The van der Waals surface area contributed by atoms with Crippen molar-refractivity contribution in [1.29, 1.82) is 0 Å². The van der Waals surface area contributed by atoms with E-state index in [4.69, 9.17) is 4.74 Å². The minimum Gasteiger partial charge on any atom is -0.494 e. The number of hydrogen-bond donors (Lipinski definition) is 1. The Morgan fingerprint density at radius 2 is 1.77 bits per heavy atom. The second kappa shape index (κ2) is 8.49. The Labute approximate surface area is 180 Å². The summed E-state index contributed by atoms with van der Waals surface area (Å²) in [7, 11) is 1.39. The minimum absolute atomic E-state index is 0.0663. The molecule has 1 fully saturated rings. The second-order valence-electron chi connectivity index (χ2n) is 8.12. The summed E-state index contributed by atoms with van der Waals surface area (Å²) in [6.07, 6.45) is 4.80. The van der Waals surface area contributed by atoms with Crippen molar-refractivity contribution < 1.29 is 23.5 Å². The van der Waals surface area contributed by atoms with Crippen LogP contribution in [0.2, 0.25) is 0 Å². The number of ether oxygens (including phenoxy) is 1. The molecule has 1 unspecified atom stereocenters. The van der Waals surface area contributed by atoms with Crippen molar-refractivity contribution in [2.24, 2.45) is 0 Å². The molecule has 31 heavy (non-hydrogen) atoms. The highest BCUT2D eigenvalue weighted by Crippen LogP contribution is 2.31. The zero-order valence-electron chi connectivity index (χ0n) is 17.6. The van der Waals surface area contributed by atoms with Crippen LogP contribution in [0.1, 0.15) is 81.7 Å². The number of benzene rings is 2. The van der Waals surface area contributed by atoms with Gasteiger partial charge in [0.2, 0.25) is 0 Å². The molecular weight excluding hydrogens is 399 g/mol. The predicted molar refractivity (Wildman–Crippen MR) is 113 cm³/mol. The molecule has 3 amide bonds. The van der Waals surface area contributed by atoms with Crippen molar-refractivity contribution in [3.8, 4) is 5.75 Å². The summed E-state index contributed by atoms with van der Waals surface area (Å²) in [6, 6.07) is 8.55. The first-order chi connectivity index (χ1) is 14.9. The fraction of sp³-hybridized carbons (Fsp3) is 0.375. The first-order valence-electron chi connectivity index (χ1n) is 10.6. The Morgan fingerprint density at radius 3 is 2.45 bits per heavy atom. The molecule has 2 aromatic rings. The molecule has 1 saturated carbocycles. The van der Waals surface area contributed by atoms with Crippen molar-refractivity contribution in [3.63, 3.8) is 0 Å². The molecule has 0 bridgehead atoms. The molecule has 162 valence electrons. The number of rotatable bonds is 5. The van der Waals surface area contributed by atoms with E-state index in [0.29, 0.717) is 11.1 Å². The molecule has 6 nitrogen and oxygen atoms in total. The smallest absolute Gasteiger partial charge is 0.261 e. The summed E-state index contributed by atoms with van der Waals surface area (Å²) >= 11 is 0. The maximum Gasteiger partial charge on any atom is 0.261 e. The molecule has 0 saturated heterocycles. The summed E-state index contributed by atoms with van der Waals surface area (Å²) in [4.78, 5) is 39.9. The molecule has 2 aliphatic rings. The van der Waals surface area contributed by atoms with Gasteiger partial charge in [0.15, 0.2) is 11.6 Å². The van der Waals surface area contributed by atoms with Crippen molar-refractivity contribution in [2.45, 2.75) is 51.1 Å². The average molecular weight is 424 g/mol. The molecule has 7 heteroatoms. The number of imide groups is 1. The lowest BCUT2D eigenvalue weighted by Crippen LogP contribution is -2.40. The lowest BCUT2D eigenvalue weighted by atomic mass is 9.94. The molecule has 1 heterocycles. The molecule has 0 radical (unpaired) electrons. The van der Waals surface area contributed by atoms with Gasteiger partial charge in [-0.1, -0.05) is 25.3 Å². The van der Waals surface area contributed by atoms with E-state index in [1.54, 1.807) is 25.1 Å². The monoisotopic (exact) mass is 424 g/mol. The van der Waals surface area contributed by atoms with E-state index >= 15 is 0 Å². The van der Waals surface area contributed by atoms with Gasteiger partial charge < -0.3 is 10.1 Å². The van der Waals surface area contributed by atoms with Crippen LogP contribution in [0.5, 0.6) is 5.75 Å². The Morgan fingerprint density at radius 1 is 1.06 bits per heavy atom. The second-order valence-corrected chi connectivity index (χ2v) is 8.12. The van der Waals surface area contributed by atoms with Crippen LogP contribution in [-0.4, -0.2) is 35.8 Å². The van der Waals surface area contributed by atoms with Crippen LogP contribution in [0.25, 0.3) is 0 Å². The number of halogens is 1. The third-order valence-corrected chi connectivity index (χ3v) is 6.14. The number of nitrogens with one attached hydrogen (secondary N) is 1. The summed E-state index contributed by atoms with van der Waals surface area (Å²) in [5.41, 5.74) is 1.48. The lowest BCUT2D eigenvalue weighted by molar-refractivity contribution is 0.0548. The fourth-order valence-corrected chi connectivity index (χ4v) is 4.39. The van der Waals surface area contributed by atoms with E-state index in [1.165, 1.54) is 30.2 Å². The van der Waals surface area contributed by atoms with Gasteiger partial charge in [0.1, 0.15) is 0 Å². The van der Waals surface area contributed by atoms with Crippen LogP contribution in [-0.2, 0) is 0 Å². The number of nitrogens with zero attached hydrogens (tertiary/aromatic N) is 1. The van der Waals surface area contributed by atoms with Crippen LogP contribution in [0.15, 0.2) is 36.4 Å². The van der Waals surface area contributed by atoms with Crippen LogP contribution in [0.4, 0.5) is 4.39 Å². The number of hydrogen-bond acceptors (Lipinski definition) is 4. The predicted octanol–water partition coefficient (Wildman–Crippen LogP) is 4.25. The summed E-state index contributed by atoms with van der Waals surface area (Å²) in [6.45, 7) is 1.74. The lowest BCUT2D eigenvalue weighted by Gasteiger charge is -2.29. The summed E-state index contributed by atoms with van der Waals surface area (Å²) < 4.78 is 18.9. The Hall–Kier alpha value is -3.22. The van der Waals surface area contributed by atoms with E-state index in [0.717, 1.165) is 32.1 Å². The molecule has 0 spiro atoms. The highest BCUT2D eigenvalue weighted by Gasteiger charge is 2.40. The van der Waals surface area contributed by atoms with E-state index in [2.05, 4.69) is 5.32 Å². The highest BCUT2D eigenvalue weighted by molar-refractivity contribution is 6.22. The van der Waals surface area contributed by atoms with E-state index < -0.39 is 17.8 Å². The van der Waals surface area contributed by atoms with Crippen molar-refractivity contribution in [1.82, 2.24) is 10.2 Å². The standard InChI is InChI=1S/C24H25FN2O4/c1-14(15-9-11-21(31-2)20(25)13-15)26-22(28)16-8-10-18-19(12-16)24(30)27(23(18)29)17-6-4-3-5-7-17/h8-14,17H,3-7H2,1-2H3,(H,26,28). The Bertz CT molecular complexity index is 1050. The van der Waals surface area contributed by atoms with E-state index in [9.17, 15) is 18.8 Å². The van der Waals surface area contributed by atoms with Crippen LogP contribution in [0.3, 0.4) is 0 Å². The van der Waals surface area contributed by atoms with E-state index in [-0.39, 0.29) is 34.7 Å². The van der Waals surface area contributed by atoms with Crippen molar-refractivity contribution in [2.75, 3.05) is 7.11 Å². The first-order valence-corrected chi connectivity index (χ1v) is 10.6. The maximum atomic E-state index is 14.0. The van der Waals surface area contributed by atoms with Crippen molar-refractivity contribution >= 4 is 17.7 Å². The normalized spacial score (nSPS) is 17.5. The number of carbonyl (C=O) groups excluding carboxylic acids is 3. The summed E-state index contributed by atoms with van der Waals surface area (Å²) in [5.74, 6) is -1.38. The van der Waals surface area contributed by atoms with Crippen LogP contribution in [0, 0.1) is 5.82 Å². The maximum absolute atomic E-state index is 14.0. The van der Waals surface area contributed by atoms with Crippen molar-refractivity contribution in [3.05, 3.63) is 64.5 Å². The van der Waals surface area contributed by atoms with Crippen LogP contribution < -0.4 is 10.1 Å². The van der Waals surface area contributed by atoms with Gasteiger partial charge in [-0.15, -0.1) is 0 Å². The third kappa shape index (κ3) is 3.92. The van der Waals surface area contributed by atoms with Gasteiger partial charge >= 0.3 is 0 Å². The number of amides is 3. The van der Waals surface area contributed by atoms with Gasteiger partial charge in [0, 0.05) is 11.6 Å². The molecule has 1 N–H and O–H groups in total. The average Bonchev–Trinajstić information content (AvgIpc) is 3.03. The van der Waals surface area contributed by atoms with E-state index in [1.807, 2.05) is 0 Å². The highest BCUT2D eigenvalue weighted by atomic mass is 19.1. The molecule has 0 aromatic heterocycles.